The van der Waals surface area contributed by atoms with Crippen LogP contribution in [0.5, 0.6) is 11.5 Å². The van der Waals surface area contributed by atoms with Crippen molar-refractivity contribution in [2.75, 3.05) is 45.3 Å². The zero-order chi connectivity index (χ0) is 22.5. The fourth-order valence-corrected chi connectivity index (χ4v) is 4.16. The van der Waals surface area contributed by atoms with Crippen LogP contribution < -0.4 is 14.4 Å². The Morgan fingerprint density at radius 3 is 2.50 bits per heavy atom. The summed E-state index contributed by atoms with van der Waals surface area (Å²) in [5, 5.41) is 10.9. The second-order valence-electron chi connectivity index (χ2n) is 7.78. The summed E-state index contributed by atoms with van der Waals surface area (Å²) < 4.78 is 25.8. The van der Waals surface area contributed by atoms with E-state index in [4.69, 9.17) is 9.47 Å². The highest BCUT2D eigenvalue weighted by molar-refractivity contribution is 5.57. The maximum Gasteiger partial charge on any atom is 0.146 e. The monoisotopic (exact) mass is 437 g/mol. The van der Waals surface area contributed by atoms with Gasteiger partial charge in [0.15, 0.2) is 0 Å². The minimum atomic E-state index is -0.985. The van der Waals surface area contributed by atoms with E-state index in [1.807, 2.05) is 29.2 Å². The zero-order valence-corrected chi connectivity index (χ0v) is 18.4. The Labute approximate surface area is 187 Å². The molecule has 0 amide bonds. The van der Waals surface area contributed by atoms with E-state index in [-0.39, 0.29) is 5.82 Å². The molecule has 1 aliphatic rings. The first kappa shape index (κ1) is 22.0. The molecular formula is C25H28FN3O3. The number of methoxy groups -OCH3 is 2. The van der Waals surface area contributed by atoms with Crippen molar-refractivity contribution in [3.8, 4) is 11.5 Å². The molecule has 4 rings (SSSR count). The number of piperazine rings is 1. The minimum Gasteiger partial charge on any atom is -0.497 e. The van der Waals surface area contributed by atoms with Gasteiger partial charge in [-0.15, -0.1) is 0 Å². The van der Waals surface area contributed by atoms with Crippen molar-refractivity contribution in [2.45, 2.75) is 12.6 Å². The van der Waals surface area contributed by atoms with Crippen LogP contribution >= 0.6 is 0 Å². The van der Waals surface area contributed by atoms with Gasteiger partial charge in [-0.25, -0.2) is 4.39 Å². The molecule has 168 valence electrons. The molecule has 1 fully saturated rings. The first-order chi connectivity index (χ1) is 15.6. The molecule has 2 aromatic carbocycles. The van der Waals surface area contributed by atoms with E-state index in [0.717, 1.165) is 36.7 Å². The van der Waals surface area contributed by atoms with Crippen LogP contribution in [0.15, 0.2) is 60.8 Å². The van der Waals surface area contributed by atoms with Gasteiger partial charge in [0.05, 0.1) is 25.6 Å². The number of hydrogen-bond acceptors (Lipinski definition) is 6. The number of para-hydroxylation sites is 1. The molecule has 0 aliphatic carbocycles. The number of pyridine rings is 1. The molecule has 1 N–H and O–H groups in total. The van der Waals surface area contributed by atoms with Crippen molar-refractivity contribution in [1.29, 1.82) is 0 Å². The van der Waals surface area contributed by atoms with Crippen LogP contribution in [0.1, 0.15) is 22.9 Å². The van der Waals surface area contributed by atoms with Crippen LogP contribution in [0.3, 0.4) is 0 Å². The molecule has 1 aliphatic heterocycles. The number of ether oxygens (including phenoxy) is 2. The SMILES string of the molecule is COc1ccc(OC)c(CN2CCN(c3c(F)cccc3C(O)c3ccccn3)CC2)c1. The van der Waals surface area contributed by atoms with Crippen LogP contribution in [0.25, 0.3) is 0 Å². The summed E-state index contributed by atoms with van der Waals surface area (Å²) in [5.74, 6) is 1.28. The van der Waals surface area contributed by atoms with Crippen LogP contribution in [0.4, 0.5) is 10.1 Å². The lowest BCUT2D eigenvalue weighted by molar-refractivity contribution is 0.213. The fourth-order valence-electron chi connectivity index (χ4n) is 4.16. The number of benzene rings is 2. The van der Waals surface area contributed by atoms with Crippen LogP contribution in [0, 0.1) is 5.82 Å². The Balaban J connectivity index is 1.50. The third-order valence-corrected chi connectivity index (χ3v) is 5.85. The van der Waals surface area contributed by atoms with E-state index in [9.17, 15) is 9.50 Å². The second kappa shape index (κ2) is 9.97. The predicted octanol–water partition coefficient (Wildman–Crippen LogP) is 3.64. The Bertz CT molecular complexity index is 1040. The molecule has 2 heterocycles. The number of nitrogens with zero attached hydrogens (tertiary/aromatic N) is 3. The van der Waals surface area contributed by atoms with E-state index in [0.29, 0.717) is 30.0 Å². The van der Waals surface area contributed by atoms with Gasteiger partial charge in [-0.2, -0.15) is 0 Å². The largest absolute Gasteiger partial charge is 0.497 e. The number of aliphatic hydroxyl groups excluding tert-OH is 1. The van der Waals surface area contributed by atoms with E-state index in [1.54, 1.807) is 44.7 Å². The Morgan fingerprint density at radius 2 is 1.81 bits per heavy atom. The zero-order valence-electron chi connectivity index (χ0n) is 18.4. The average Bonchev–Trinajstić information content (AvgIpc) is 2.84. The molecule has 1 saturated heterocycles. The summed E-state index contributed by atoms with van der Waals surface area (Å²) in [7, 11) is 3.31. The number of aromatic nitrogens is 1. The number of hydrogen-bond donors (Lipinski definition) is 1. The summed E-state index contributed by atoms with van der Waals surface area (Å²) >= 11 is 0. The highest BCUT2D eigenvalue weighted by atomic mass is 19.1. The summed E-state index contributed by atoms with van der Waals surface area (Å²) in [6.45, 7) is 3.53. The lowest BCUT2D eigenvalue weighted by Crippen LogP contribution is -2.46. The van der Waals surface area contributed by atoms with Crippen molar-refractivity contribution in [3.05, 3.63) is 83.4 Å². The molecule has 0 saturated carbocycles. The normalized spacial score (nSPS) is 15.4. The number of rotatable bonds is 7. The van der Waals surface area contributed by atoms with Crippen LogP contribution in [0.2, 0.25) is 0 Å². The number of aliphatic hydroxyl groups is 1. The average molecular weight is 438 g/mol. The van der Waals surface area contributed by atoms with Gasteiger partial charge < -0.3 is 19.5 Å². The van der Waals surface area contributed by atoms with E-state index < -0.39 is 6.10 Å². The van der Waals surface area contributed by atoms with E-state index >= 15 is 0 Å². The molecule has 3 aromatic rings. The van der Waals surface area contributed by atoms with Crippen molar-refractivity contribution in [2.24, 2.45) is 0 Å². The second-order valence-corrected chi connectivity index (χ2v) is 7.78. The smallest absolute Gasteiger partial charge is 0.146 e. The molecule has 1 unspecified atom stereocenters. The molecule has 0 bridgehead atoms. The maximum absolute atomic E-state index is 14.9. The van der Waals surface area contributed by atoms with E-state index in [1.165, 1.54) is 6.07 Å². The molecular weight excluding hydrogens is 409 g/mol. The fraction of sp³-hybridized carbons (Fsp3) is 0.320. The number of anilines is 1. The highest BCUT2D eigenvalue weighted by Crippen LogP contribution is 2.33. The van der Waals surface area contributed by atoms with Crippen LogP contribution in [-0.2, 0) is 6.54 Å². The minimum absolute atomic E-state index is 0.333. The Hall–Kier alpha value is -3.16. The summed E-state index contributed by atoms with van der Waals surface area (Å²) in [6, 6.07) is 16.0. The van der Waals surface area contributed by atoms with Crippen molar-refractivity contribution >= 4 is 5.69 Å². The summed E-state index contributed by atoms with van der Waals surface area (Å²) in [4.78, 5) is 8.56. The first-order valence-corrected chi connectivity index (χ1v) is 10.7. The number of halogens is 1. The quantitative estimate of drug-likeness (QED) is 0.609. The molecule has 0 spiro atoms. The standard InChI is InChI=1S/C25H28FN3O3/c1-31-19-9-10-23(32-2)18(16-19)17-28-12-14-29(15-13-28)24-20(6-5-7-21(24)26)25(30)22-8-3-4-11-27-22/h3-11,16,25,30H,12-15,17H2,1-2H3. The van der Waals surface area contributed by atoms with Gasteiger partial charge in [-0.05, 0) is 36.4 Å². The molecule has 1 aromatic heterocycles. The Kier molecular flexibility index (Phi) is 6.87. The molecule has 7 heteroatoms. The highest BCUT2D eigenvalue weighted by Gasteiger charge is 2.26. The molecule has 0 radical (unpaired) electrons. The third kappa shape index (κ3) is 4.69. The van der Waals surface area contributed by atoms with Gasteiger partial charge in [0, 0.05) is 50.0 Å². The van der Waals surface area contributed by atoms with Gasteiger partial charge in [0.1, 0.15) is 23.4 Å². The summed E-state index contributed by atoms with van der Waals surface area (Å²) in [6.07, 6.45) is 0.643. The molecule has 1 atom stereocenters. The van der Waals surface area contributed by atoms with Gasteiger partial charge in [0.2, 0.25) is 0 Å². The van der Waals surface area contributed by atoms with Crippen molar-refractivity contribution in [3.63, 3.8) is 0 Å². The maximum atomic E-state index is 14.9. The van der Waals surface area contributed by atoms with Gasteiger partial charge in [-0.1, -0.05) is 18.2 Å². The lowest BCUT2D eigenvalue weighted by Gasteiger charge is -2.37. The molecule has 32 heavy (non-hydrogen) atoms. The van der Waals surface area contributed by atoms with Gasteiger partial charge in [0.25, 0.3) is 0 Å². The lowest BCUT2D eigenvalue weighted by atomic mass is 10.0. The van der Waals surface area contributed by atoms with Gasteiger partial charge >= 0.3 is 0 Å². The third-order valence-electron chi connectivity index (χ3n) is 5.85. The topological polar surface area (TPSA) is 58.1 Å². The van der Waals surface area contributed by atoms with Gasteiger partial charge in [-0.3, -0.25) is 9.88 Å². The molecule has 6 nitrogen and oxygen atoms in total. The first-order valence-electron chi connectivity index (χ1n) is 10.7. The summed E-state index contributed by atoms with van der Waals surface area (Å²) in [5.41, 5.74) is 2.54. The van der Waals surface area contributed by atoms with Crippen molar-refractivity contribution < 1.29 is 19.0 Å². The van der Waals surface area contributed by atoms with E-state index in [2.05, 4.69) is 9.88 Å². The van der Waals surface area contributed by atoms with Crippen molar-refractivity contribution in [1.82, 2.24) is 9.88 Å². The van der Waals surface area contributed by atoms with Crippen LogP contribution in [-0.4, -0.2) is 55.4 Å². The Morgan fingerprint density at radius 1 is 1.00 bits per heavy atom. The predicted molar refractivity (Wildman–Crippen MR) is 122 cm³/mol.